The predicted molar refractivity (Wildman–Crippen MR) is 117 cm³/mol. The van der Waals surface area contributed by atoms with Crippen LogP contribution < -0.4 is 4.74 Å². The van der Waals surface area contributed by atoms with E-state index in [2.05, 4.69) is 20.7 Å². The van der Waals surface area contributed by atoms with Crippen LogP contribution in [0.1, 0.15) is 29.4 Å². The molecule has 4 rings (SSSR count). The number of carbonyl (C=O) groups excluding carboxylic acids is 1. The van der Waals surface area contributed by atoms with Gasteiger partial charge in [-0.15, -0.1) is 0 Å². The Morgan fingerprint density at radius 2 is 1.93 bits per heavy atom. The van der Waals surface area contributed by atoms with Crippen LogP contribution in [0.4, 0.5) is 0 Å². The molecular weight excluding hydrogens is 386 g/mol. The molecule has 0 spiro atoms. The van der Waals surface area contributed by atoms with Gasteiger partial charge in [0.25, 0.3) is 5.91 Å². The summed E-state index contributed by atoms with van der Waals surface area (Å²) in [6.45, 7) is 7.86. The molecule has 0 bridgehead atoms. The van der Waals surface area contributed by atoms with Crippen LogP contribution in [-0.4, -0.2) is 38.6 Å². The largest absolute Gasteiger partial charge is 0.495 e. The van der Waals surface area contributed by atoms with Crippen LogP contribution in [0.15, 0.2) is 39.9 Å². The number of amidine groups is 2. The van der Waals surface area contributed by atoms with Crippen molar-refractivity contribution in [1.82, 2.24) is 9.58 Å². The maximum Gasteiger partial charge on any atom is 0.283 e. The predicted octanol–water partition coefficient (Wildman–Crippen LogP) is 4.05. The first-order valence-electron chi connectivity index (χ1n) is 9.11. The Bertz CT molecular complexity index is 1160. The number of carbonyl (C=O) groups is 1. The molecule has 0 unspecified atom stereocenters. The van der Waals surface area contributed by atoms with E-state index in [9.17, 15) is 4.79 Å². The van der Waals surface area contributed by atoms with Crippen molar-refractivity contribution < 1.29 is 9.53 Å². The number of fused-ring (bicyclic) bond motifs is 1. The van der Waals surface area contributed by atoms with E-state index < -0.39 is 5.91 Å². The summed E-state index contributed by atoms with van der Waals surface area (Å²) in [7, 11) is 1.65. The summed E-state index contributed by atoms with van der Waals surface area (Å²) in [5, 5.41) is 15.3. The Morgan fingerprint density at radius 1 is 1.17 bits per heavy atom. The number of ether oxygens (including phenoxy) is 1. The molecule has 1 amide bonds. The van der Waals surface area contributed by atoms with E-state index in [0.717, 1.165) is 39.0 Å². The van der Waals surface area contributed by atoms with Crippen molar-refractivity contribution >= 4 is 39.8 Å². The van der Waals surface area contributed by atoms with Crippen molar-refractivity contribution in [1.29, 1.82) is 5.41 Å². The molecule has 2 aromatic rings. The number of methoxy groups -OCH3 is 1. The number of nitrogens with one attached hydrogen (secondary N) is 1. The molecule has 0 aliphatic carbocycles. The fraction of sp³-hybridized carbons (Fsp3) is 0.238. The summed E-state index contributed by atoms with van der Waals surface area (Å²) >= 11 is 1.30. The average molecular weight is 407 g/mol. The summed E-state index contributed by atoms with van der Waals surface area (Å²) in [6.07, 6.45) is 1.72. The Kier molecular flexibility index (Phi) is 4.66. The SMILES string of the molecule is COc1ccc(C)cc1-n1c(C)cc(C=C2C(=N)N3N=C(C)SC3=NC2=O)c1C. The zero-order valence-electron chi connectivity index (χ0n) is 16.9. The van der Waals surface area contributed by atoms with Crippen LogP contribution in [0.25, 0.3) is 11.8 Å². The van der Waals surface area contributed by atoms with Gasteiger partial charge in [0.15, 0.2) is 5.84 Å². The minimum atomic E-state index is -0.420. The van der Waals surface area contributed by atoms with E-state index in [4.69, 9.17) is 10.1 Å². The Labute approximate surface area is 173 Å². The Morgan fingerprint density at radius 3 is 2.66 bits per heavy atom. The third-order valence-electron chi connectivity index (χ3n) is 4.90. The maximum atomic E-state index is 12.6. The van der Waals surface area contributed by atoms with Crippen LogP contribution in [0.5, 0.6) is 5.75 Å². The molecule has 0 saturated carbocycles. The van der Waals surface area contributed by atoms with Crippen LogP contribution in [0.2, 0.25) is 0 Å². The van der Waals surface area contributed by atoms with Gasteiger partial charge in [0.2, 0.25) is 5.17 Å². The lowest BCUT2D eigenvalue weighted by molar-refractivity contribution is -0.114. The molecule has 3 heterocycles. The van der Waals surface area contributed by atoms with Gasteiger partial charge < -0.3 is 9.30 Å². The summed E-state index contributed by atoms with van der Waals surface area (Å²) in [4.78, 5) is 16.7. The smallest absolute Gasteiger partial charge is 0.283 e. The Hall–Kier alpha value is -3.13. The van der Waals surface area contributed by atoms with E-state index in [-0.39, 0.29) is 11.4 Å². The van der Waals surface area contributed by atoms with Crippen LogP contribution in [0.3, 0.4) is 0 Å². The first-order valence-corrected chi connectivity index (χ1v) is 9.92. The number of hydrazone groups is 1. The fourth-order valence-corrected chi connectivity index (χ4v) is 4.26. The standard InChI is InChI=1S/C21H21N5O2S/c1-11-6-7-18(28-5)17(8-11)25-12(2)9-15(13(25)3)10-16-19(22)26-21(23-20(16)27)29-14(4)24-26/h6-10,22H,1-5H3. The van der Waals surface area contributed by atoms with Gasteiger partial charge in [0.05, 0.1) is 23.4 Å². The minimum absolute atomic E-state index is 0.0438. The van der Waals surface area contributed by atoms with Crippen LogP contribution in [-0.2, 0) is 4.79 Å². The van der Waals surface area contributed by atoms with Gasteiger partial charge in [0, 0.05) is 11.4 Å². The normalized spacial score (nSPS) is 17.6. The van der Waals surface area contributed by atoms with E-state index in [1.54, 1.807) is 13.2 Å². The summed E-state index contributed by atoms with van der Waals surface area (Å²) in [6, 6.07) is 8.02. The number of rotatable bonds is 3. The van der Waals surface area contributed by atoms with E-state index in [1.807, 2.05) is 45.9 Å². The topological polar surface area (TPSA) is 83.0 Å². The van der Waals surface area contributed by atoms with Crippen molar-refractivity contribution in [3.63, 3.8) is 0 Å². The molecule has 2 aliphatic heterocycles. The van der Waals surface area contributed by atoms with Crippen molar-refractivity contribution in [2.75, 3.05) is 7.11 Å². The molecule has 0 atom stereocenters. The average Bonchev–Trinajstić information content (AvgIpc) is 3.17. The highest BCUT2D eigenvalue weighted by Crippen LogP contribution is 2.32. The second-order valence-electron chi connectivity index (χ2n) is 6.98. The van der Waals surface area contributed by atoms with Crippen molar-refractivity contribution in [3.8, 4) is 11.4 Å². The number of benzene rings is 1. The van der Waals surface area contributed by atoms with Gasteiger partial charge in [-0.3, -0.25) is 10.2 Å². The molecule has 29 heavy (non-hydrogen) atoms. The van der Waals surface area contributed by atoms with Crippen LogP contribution >= 0.6 is 11.8 Å². The zero-order valence-corrected chi connectivity index (χ0v) is 17.7. The maximum absolute atomic E-state index is 12.6. The second kappa shape index (κ2) is 7.04. The molecule has 148 valence electrons. The number of aryl methyl sites for hydroxylation is 2. The number of aromatic nitrogens is 1. The first kappa shape index (κ1) is 19.2. The van der Waals surface area contributed by atoms with Crippen molar-refractivity contribution in [2.45, 2.75) is 27.7 Å². The van der Waals surface area contributed by atoms with Gasteiger partial charge in [0.1, 0.15) is 5.75 Å². The monoisotopic (exact) mass is 407 g/mol. The number of amides is 1. The van der Waals surface area contributed by atoms with Crippen molar-refractivity contribution in [3.05, 3.63) is 52.4 Å². The lowest BCUT2D eigenvalue weighted by Gasteiger charge is -2.20. The first-order chi connectivity index (χ1) is 13.8. The van der Waals surface area contributed by atoms with Gasteiger partial charge in [-0.2, -0.15) is 15.1 Å². The molecule has 1 N–H and O–H groups in total. The second-order valence-corrected chi connectivity index (χ2v) is 8.14. The van der Waals surface area contributed by atoms with E-state index >= 15 is 0 Å². The highest BCUT2D eigenvalue weighted by atomic mass is 32.2. The molecule has 0 fully saturated rings. The molecule has 0 radical (unpaired) electrons. The lowest BCUT2D eigenvalue weighted by atomic mass is 10.1. The van der Waals surface area contributed by atoms with Crippen molar-refractivity contribution in [2.24, 2.45) is 10.1 Å². The number of nitrogens with zero attached hydrogens (tertiary/aromatic N) is 4. The molecule has 1 aromatic carbocycles. The number of hydrogen-bond donors (Lipinski definition) is 1. The van der Waals surface area contributed by atoms with Gasteiger partial charge >= 0.3 is 0 Å². The Balaban J connectivity index is 1.81. The highest BCUT2D eigenvalue weighted by molar-refractivity contribution is 8.26. The number of thioether (sulfide) groups is 1. The molecule has 0 saturated heterocycles. The van der Waals surface area contributed by atoms with Gasteiger partial charge in [-0.25, -0.2) is 0 Å². The number of aliphatic imine (C=N–C) groups is 1. The fourth-order valence-electron chi connectivity index (χ4n) is 3.52. The molecule has 8 heteroatoms. The third-order valence-corrected chi connectivity index (χ3v) is 5.72. The van der Waals surface area contributed by atoms with Crippen LogP contribution in [0, 0.1) is 26.2 Å². The van der Waals surface area contributed by atoms with Gasteiger partial charge in [-0.05, 0) is 74.9 Å². The number of hydrogen-bond acceptors (Lipinski definition) is 5. The molecule has 2 aliphatic rings. The lowest BCUT2D eigenvalue weighted by Crippen LogP contribution is -2.35. The van der Waals surface area contributed by atoms with Gasteiger partial charge in [-0.1, -0.05) is 6.07 Å². The molecule has 1 aromatic heterocycles. The van der Waals surface area contributed by atoms with E-state index in [1.165, 1.54) is 16.8 Å². The third kappa shape index (κ3) is 3.19. The molecule has 7 nitrogen and oxygen atoms in total. The quantitative estimate of drug-likeness (QED) is 0.778. The highest BCUT2D eigenvalue weighted by Gasteiger charge is 2.34. The minimum Gasteiger partial charge on any atom is -0.495 e. The summed E-state index contributed by atoms with van der Waals surface area (Å²) < 4.78 is 7.64. The summed E-state index contributed by atoms with van der Waals surface area (Å²) in [5.74, 6) is 0.394. The zero-order chi connectivity index (χ0) is 20.9. The molecular formula is C21H21N5O2S. The summed E-state index contributed by atoms with van der Waals surface area (Å²) in [5.41, 5.74) is 5.09. The van der Waals surface area contributed by atoms with E-state index in [0.29, 0.717) is 5.17 Å².